The Bertz CT molecular complexity index is 446. The molecule has 1 aromatic carbocycles. The van der Waals surface area contributed by atoms with Crippen LogP contribution in [0.15, 0.2) is 28.7 Å². The number of rotatable bonds is 4. The van der Waals surface area contributed by atoms with Crippen LogP contribution in [0.1, 0.15) is 20.3 Å². The molecule has 0 bridgehead atoms. The zero-order valence-corrected chi connectivity index (χ0v) is 10.2. The fourth-order valence-electron chi connectivity index (χ4n) is 1.51. The maximum Gasteiger partial charge on any atom is 0.296 e. The summed E-state index contributed by atoms with van der Waals surface area (Å²) in [5.41, 5.74) is 1.56. The van der Waals surface area contributed by atoms with Crippen LogP contribution in [0.25, 0.3) is 11.1 Å². The maximum atomic E-state index is 5.74. The third-order valence-electron chi connectivity index (χ3n) is 2.46. The predicted molar refractivity (Wildman–Crippen MR) is 67.0 cm³/mol. The zero-order valence-electron chi connectivity index (χ0n) is 9.46. The third-order valence-corrected chi connectivity index (χ3v) is 2.65. The molecule has 0 radical (unpaired) electrons. The SMILES string of the molecule is CC(C)(CCCl)Nc1nc2ccccc2o1. The van der Waals surface area contributed by atoms with Gasteiger partial charge in [0.1, 0.15) is 5.52 Å². The van der Waals surface area contributed by atoms with Crippen molar-refractivity contribution in [3.8, 4) is 0 Å². The summed E-state index contributed by atoms with van der Waals surface area (Å²) in [7, 11) is 0. The van der Waals surface area contributed by atoms with E-state index >= 15 is 0 Å². The number of benzene rings is 1. The number of aromatic nitrogens is 1. The molecule has 16 heavy (non-hydrogen) atoms. The van der Waals surface area contributed by atoms with E-state index in [1.54, 1.807) is 0 Å². The molecule has 86 valence electrons. The number of hydrogen-bond acceptors (Lipinski definition) is 3. The minimum atomic E-state index is -0.109. The van der Waals surface area contributed by atoms with E-state index in [9.17, 15) is 0 Å². The molecular formula is C12H15ClN2O. The Labute approximate surface area is 99.8 Å². The molecule has 3 nitrogen and oxygen atoms in total. The van der Waals surface area contributed by atoms with Crippen LogP contribution in [-0.4, -0.2) is 16.4 Å². The van der Waals surface area contributed by atoms with Gasteiger partial charge >= 0.3 is 0 Å². The van der Waals surface area contributed by atoms with Crippen LogP contribution in [0.4, 0.5) is 6.01 Å². The van der Waals surface area contributed by atoms with Crippen molar-refractivity contribution in [2.75, 3.05) is 11.2 Å². The summed E-state index contributed by atoms with van der Waals surface area (Å²) in [5, 5.41) is 3.25. The van der Waals surface area contributed by atoms with Gasteiger partial charge in [0.15, 0.2) is 5.58 Å². The van der Waals surface area contributed by atoms with Crippen molar-refractivity contribution in [2.45, 2.75) is 25.8 Å². The molecule has 1 N–H and O–H groups in total. The lowest BCUT2D eigenvalue weighted by Crippen LogP contribution is -2.31. The lowest BCUT2D eigenvalue weighted by molar-refractivity contribution is 0.510. The highest BCUT2D eigenvalue weighted by atomic mass is 35.5. The van der Waals surface area contributed by atoms with Gasteiger partial charge < -0.3 is 9.73 Å². The minimum absolute atomic E-state index is 0.109. The van der Waals surface area contributed by atoms with Gasteiger partial charge in [-0.2, -0.15) is 4.98 Å². The zero-order chi connectivity index (χ0) is 11.6. The quantitative estimate of drug-likeness (QED) is 0.827. The molecule has 2 aromatic rings. The number of anilines is 1. The van der Waals surface area contributed by atoms with Crippen LogP contribution < -0.4 is 5.32 Å². The lowest BCUT2D eigenvalue weighted by Gasteiger charge is -2.23. The molecule has 4 heteroatoms. The Morgan fingerprint density at radius 2 is 2.12 bits per heavy atom. The molecule has 0 saturated heterocycles. The van der Waals surface area contributed by atoms with Crippen LogP contribution in [0, 0.1) is 0 Å². The minimum Gasteiger partial charge on any atom is -0.424 e. The lowest BCUT2D eigenvalue weighted by atomic mass is 10.0. The second kappa shape index (κ2) is 4.34. The van der Waals surface area contributed by atoms with E-state index in [0.29, 0.717) is 11.9 Å². The third kappa shape index (κ3) is 2.47. The summed E-state index contributed by atoms with van der Waals surface area (Å²) in [4.78, 5) is 4.36. The maximum absolute atomic E-state index is 5.74. The first-order valence-electron chi connectivity index (χ1n) is 5.30. The molecule has 0 spiro atoms. The van der Waals surface area contributed by atoms with Crippen LogP contribution in [0.3, 0.4) is 0 Å². The van der Waals surface area contributed by atoms with Gasteiger partial charge in [0.05, 0.1) is 0 Å². The van der Waals surface area contributed by atoms with Gasteiger partial charge in [0, 0.05) is 11.4 Å². The fraction of sp³-hybridized carbons (Fsp3) is 0.417. The van der Waals surface area contributed by atoms with Gasteiger partial charge in [-0.3, -0.25) is 0 Å². The second-order valence-corrected chi connectivity index (χ2v) is 4.81. The first-order chi connectivity index (χ1) is 7.61. The summed E-state index contributed by atoms with van der Waals surface area (Å²) in [5.74, 6) is 0.611. The van der Waals surface area contributed by atoms with Gasteiger partial charge in [0.25, 0.3) is 6.01 Å². The summed E-state index contributed by atoms with van der Waals surface area (Å²) in [6.07, 6.45) is 0.854. The molecule has 1 aromatic heterocycles. The first-order valence-corrected chi connectivity index (χ1v) is 5.84. The topological polar surface area (TPSA) is 38.1 Å². The highest BCUT2D eigenvalue weighted by molar-refractivity contribution is 6.17. The monoisotopic (exact) mass is 238 g/mol. The molecule has 0 unspecified atom stereocenters. The average molecular weight is 239 g/mol. The molecule has 0 aliphatic rings. The van der Waals surface area contributed by atoms with E-state index in [1.165, 1.54) is 0 Å². The molecule has 0 saturated carbocycles. The standard InChI is InChI=1S/C12H15ClN2O/c1-12(2,7-8-13)15-11-14-9-5-3-4-6-10(9)16-11/h3-6H,7-8H2,1-2H3,(H,14,15). The smallest absolute Gasteiger partial charge is 0.296 e. The molecule has 0 aliphatic carbocycles. The van der Waals surface area contributed by atoms with Crippen LogP contribution >= 0.6 is 11.6 Å². The highest BCUT2D eigenvalue weighted by Gasteiger charge is 2.19. The fourth-order valence-corrected chi connectivity index (χ4v) is 1.99. The van der Waals surface area contributed by atoms with Gasteiger partial charge in [-0.05, 0) is 32.4 Å². The van der Waals surface area contributed by atoms with Crippen molar-refractivity contribution in [1.29, 1.82) is 0 Å². The molecule has 1 heterocycles. The number of alkyl halides is 1. The molecule has 0 fully saturated rings. The first kappa shape index (κ1) is 11.3. The normalized spacial score (nSPS) is 11.9. The Kier molecular flexibility index (Phi) is 3.06. The largest absolute Gasteiger partial charge is 0.424 e. The molecule has 0 atom stereocenters. The van der Waals surface area contributed by atoms with E-state index in [0.717, 1.165) is 17.5 Å². The summed E-state index contributed by atoms with van der Waals surface area (Å²) in [6.45, 7) is 4.15. The number of oxazole rings is 1. The van der Waals surface area contributed by atoms with Crippen molar-refractivity contribution in [2.24, 2.45) is 0 Å². The van der Waals surface area contributed by atoms with Gasteiger partial charge in [-0.1, -0.05) is 12.1 Å². The predicted octanol–water partition coefficient (Wildman–Crippen LogP) is 3.65. The Morgan fingerprint density at radius 1 is 1.38 bits per heavy atom. The van der Waals surface area contributed by atoms with Gasteiger partial charge in [-0.25, -0.2) is 0 Å². The summed E-state index contributed by atoms with van der Waals surface area (Å²) < 4.78 is 5.58. The van der Waals surface area contributed by atoms with Crippen molar-refractivity contribution < 1.29 is 4.42 Å². The van der Waals surface area contributed by atoms with Gasteiger partial charge in [-0.15, -0.1) is 11.6 Å². The van der Waals surface area contributed by atoms with E-state index in [4.69, 9.17) is 16.0 Å². The number of nitrogens with one attached hydrogen (secondary N) is 1. The molecular weight excluding hydrogens is 224 g/mol. The number of nitrogens with zero attached hydrogens (tertiary/aromatic N) is 1. The number of halogens is 1. The highest BCUT2D eigenvalue weighted by Crippen LogP contribution is 2.22. The van der Waals surface area contributed by atoms with E-state index < -0.39 is 0 Å². The van der Waals surface area contributed by atoms with E-state index in [-0.39, 0.29) is 5.54 Å². The second-order valence-electron chi connectivity index (χ2n) is 4.43. The Balaban J connectivity index is 2.21. The number of hydrogen-bond donors (Lipinski definition) is 1. The van der Waals surface area contributed by atoms with Crippen LogP contribution in [-0.2, 0) is 0 Å². The Hall–Kier alpha value is -1.22. The van der Waals surface area contributed by atoms with E-state index in [2.05, 4.69) is 24.1 Å². The van der Waals surface area contributed by atoms with Gasteiger partial charge in [0.2, 0.25) is 0 Å². The van der Waals surface area contributed by atoms with Crippen molar-refractivity contribution in [3.05, 3.63) is 24.3 Å². The molecule has 0 amide bonds. The van der Waals surface area contributed by atoms with Crippen molar-refractivity contribution in [1.82, 2.24) is 4.98 Å². The summed E-state index contributed by atoms with van der Waals surface area (Å²) >= 11 is 5.74. The van der Waals surface area contributed by atoms with Crippen LogP contribution in [0.5, 0.6) is 0 Å². The van der Waals surface area contributed by atoms with Crippen LogP contribution in [0.2, 0.25) is 0 Å². The average Bonchev–Trinajstić information content (AvgIpc) is 2.58. The van der Waals surface area contributed by atoms with E-state index in [1.807, 2.05) is 24.3 Å². The molecule has 0 aliphatic heterocycles. The molecule has 2 rings (SSSR count). The van der Waals surface area contributed by atoms with Crippen molar-refractivity contribution >= 4 is 28.7 Å². The Morgan fingerprint density at radius 3 is 2.81 bits per heavy atom. The number of fused-ring (bicyclic) bond motifs is 1. The number of para-hydroxylation sites is 2. The van der Waals surface area contributed by atoms with Crippen molar-refractivity contribution in [3.63, 3.8) is 0 Å². The summed E-state index contributed by atoms with van der Waals surface area (Å²) in [6, 6.07) is 8.26.